The molecule has 0 saturated carbocycles. The van der Waals surface area contributed by atoms with Gasteiger partial charge in [0.05, 0.1) is 19.5 Å². The number of hydrogen-bond acceptors (Lipinski definition) is 4. The van der Waals surface area contributed by atoms with Crippen molar-refractivity contribution in [3.05, 3.63) is 36.1 Å². The summed E-state index contributed by atoms with van der Waals surface area (Å²) in [4.78, 5) is 2.47. The Bertz CT molecular complexity index is 532. The van der Waals surface area contributed by atoms with Crippen LogP contribution in [0.5, 0.6) is 0 Å². The number of morpholine rings is 1. The molecular formula is C16H22N2O2. The summed E-state index contributed by atoms with van der Waals surface area (Å²) in [6.07, 6.45) is 3.04. The normalized spacial score (nSPS) is 16.8. The number of rotatable bonds is 6. The molecule has 2 aromatic rings. The third-order valence-corrected chi connectivity index (χ3v) is 3.81. The summed E-state index contributed by atoms with van der Waals surface area (Å²) in [5.74, 6) is 0. The third-order valence-electron chi connectivity index (χ3n) is 3.81. The van der Waals surface area contributed by atoms with Crippen LogP contribution in [0.25, 0.3) is 11.0 Å². The summed E-state index contributed by atoms with van der Waals surface area (Å²) < 4.78 is 10.9. The molecule has 0 spiro atoms. The minimum atomic E-state index is 0.875. The van der Waals surface area contributed by atoms with Crippen LogP contribution in [0.15, 0.2) is 34.9 Å². The van der Waals surface area contributed by atoms with Gasteiger partial charge in [0, 0.05) is 30.6 Å². The van der Waals surface area contributed by atoms with Gasteiger partial charge in [-0.2, -0.15) is 0 Å². The fraction of sp³-hybridized carbons (Fsp3) is 0.500. The van der Waals surface area contributed by atoms with Crippen molar-refractivity contribution in [3.63, 3.8) is 0 Å². The van der Waals surface area contributed by atoms with E-state index in [1.54, 1.807) is 0 Å². The number of ether oxygens (including phenoxy) is 1. The Morgan fingerprint density at radius 2 is 2.00 bits per heavy atom. The molecule has 0 unspecified atom stereocenters. The number of benzene rings is 1. The maximum Gasteiger partial charge on any atom is 0.134 e. The number of hydrogen-bond donors (Lipinski definition) is 1. The van der Waals surface area contributed by atoms with Gasteiger partial charge in [-0.1, -0.05) is 18.2 Å². The smallest absolute Gasteiger partial charge is 0.134 e. The van der Waals surface area contributed by atoms with Crippen LogP contribution >= 0.6 is 0 Å². The molecule has 2 heterocycles. The van der Waals surface area contributed by atoms with E-state index in [0.717, 1.165) is 51.5 Å². The van der Waals surface area contributed by atoms with Gasteiger partial charge in [0.1, 0.15) is 5.58 Å². The highest BCUT2D eigenvalue weighted by atomic mass is 16.5. The van der Waals surface area contributed by atoms with Gasteiger partial charge >= 0.3 is 0 Å². The average molecular weight is 274 g/mol. The van der Waals surface area contributed by atoms with Crippen molar-refractivity contribution in [2.75, 3.05) is 39.4 Å². The number of nitrogens with one attached hydrogen (secondary N) is 1. The van der Waals surface area contributed by atoms with E-state index in [1.165, 1.54) is 17.4 Å². The molecule has 4 nitrogen and oxygen atoms in total. The molecule has 1 N–H and O–H groups in total. The predicted octanol–water partition coefficient (Wildman–Crippen LogP) is 2.24. The lowest BCUT2D eigenvalue weighted by Crippen LogP contribution is -2.37. The van der Waals surface area contributed by atoms with Crippen LogP contribution in [0, 0.1) is 0 Å². The van der Waals surface area contributed by atoms with Crippen LogP contribution in [-0.2, 0) is 11.3 Å². The number of nitrogens with zero attached hydrogens (tertiary/aromatic N) is 1. The second kappa shape index (κ2) is 6.88. The van der Waals surface area contributed by atoms with Crippen LogP contribution < -0.4 is 5.32 Å². The monoisotopic (exact) mass is 274 g/mol. The van der Waals surface area contributed by atoms with Crippen molar-refractivity contribution < 1.29 is 9.15 Å². The van der Waals surface area contributed by atoms with Crippen LogP contribution in [-0.4, -0.2) is 44.3 Å². The Kier molecular flexibility index (Phi) is 4.69. The van der Waals surface area contributed by atoms with Crippen molar-refractivity contribution in [3.8, 4) is 0 Å². The van der Waals surface area contributed by atoms with E-state index in [1.807, 2.05) is 18.4 Å². The number of para-hydroxylation sites is 1. The van der Waals surface area contributed by atoms with Gasteiger partial charge in [-0.15, -0.1) is 0 Å². The van der Waals surface area contributed by atoms with Crippen LogP contribution in [0.4, 0.5) is 0 Å². The molecule has 3 rings (SSSR count). The number of fused-ring (bicyclic) bond motifs is 1. The molecule has 0 atom stereocenters. The maximum atomic E-state index is 5.54. The highest BCUT2D eigenvalue weighted by Gasteiger charge is 2.09. The summed E-state index contributed by atoms with van der Waals surface area (Å²) in [7, 11) is 0. The maximum absolute atomic E-state index is 5.54. The Morgan fingerprint density at radius 3 is 2.90 bits per heavy atom. The van der Waals surface area contributed by atoms with Gasteiger partial charge in [-0.25, -0.2) is 0 Å². The molecule has 0 aliphatic carbocycles. The third kappa shape index (κ3) is 3.39. The fourth-order valence-corrected chi connectivity index (χ4v) is 2.65. The van der Waals surface area contributed by atoms with Gasteiger partial charge in [0.15, 0.2) is 0 Å². The molecule has 1 aliphatic rings. The first-order chi connectivity index (χ1) is 9.93. The Labute approximate surface area is 119 Å². The summed E-state index contributed by atoms with van der Waals surface area (Å²) in [6, 6.07) is 8.19. The van der Waals surface area contributed by atoms with Crippen molar-refractivity contribution in [2.24, 2.45) is 0 Å². The molecule has 1 aliphatic heterocycles. The summed E-state index contributed by atoms with van der Waals surface area (Å²) >= 11 is 0. The van der Waals surface area contributed by atoms with E-state index < -0.39 is 0 Å². The van der Waals surface area contributed by atoms with E-state index in [9.17, 15) is 0 Å². The first-order valence-electron chi connectivity index (χ1n) is 7.39. The van der Waals surface area contributed by atoms with Crippen molar-refractivity contribution in [2.45, 2.75) is 13.0 Å². The molecule has 108 valence electrons. The van der Waals surface area contributed by atoms with E-state index in [-0.39, 0.29) is 0 Å². The van der Waals surface area contributed by atoms with Crippen LogP contribution in [0.3, 0.4) is 0 Å². The van der Waals surface area contributed by atoms with Gasteiger partial charge in [-0.05, 0) is 25.6 Å². The van der Waals surface area contributed by atoms with Gasteiger partial charge in [0.25, 0.3) is 0 Å². The second-order valence-electron chi connectivity index (χ2n) is 5.24. The molecule has 1 saturated heterocycles. The zero-order valence-electron chi connectivity index (χ0n) is 11.8. The van der Waals surface area contributed by atoms with Gasteiger partial charge in [-0.3, -0.25) is 4.90 Å². The zero-order valence-corrected chi connectivity index (χ0v) is 11.8. The minimum Gasteiger partial charge on any atom is -0.464 e. The highest BCUT2D eigenvalue weighted by Crippen LogP contribution is 2.20. The van der Waals surface area contributed by atoms with E-state index >= 15 is 0 Å². The largest absolute Gasteiger partial charge is 0.464 e. The Morgan fingerprint density at radius 1 is 1.15 bits per heavy atom. The molecule has 0 radical (unpaired) electrons. The standard InChI is InChI=1S/C16H22N2O2/c1-2-5-16-15(4-1)14(13-20-16)12-17-6-3-7-18-8-10-19-11-9-18/h1-2,4-5,13,17H,3,6-12H2. The summed E-state index contributed by atoms with van der Waals surface area (Å²) in [5.41, 5.74) is 2.21. The molecule has 0 amide bonds. The molecular weight excluding hydrogens is 252 g/mol. The van der Waals surface area contributed by atoms with Crippen molar-refractivity contribution in [1.82, 2.24) is 10.2 Å². The second-order valence-corrected chi connectivity index (χ2v) is 5.24. The van der Waals surface area contributed by atoms with Crippen molar-refractivity contribution >= 4 is 11.0 Å². The SMILES string of the molecule is c1ccc2c(CNCCCN3CCOCC3)coc2c1. The van der Waals surface area contributed by atoms with E-state index in [2.05, 4.69) is 22.3 Å². The molecule has 0 bridgehead atoms. The fourth-order valence-electron chi connectivity index (χ4n) is 2.65. The van der Waals surface area contributed by atoms with Gasteiger partial charge in [0.2, 0.25) is 0 Å². The Balaban J connectivity index is 1.39. The molecule has 20 heavy (non-hydrogen) atoms. The first-order valence-corrected chi connectivity index (χ1v) is 7.39. The van der Waals surface area contributed by atoms with Crippen LogP contribution in [0.2, 0.25) is 0 Å². The lowest BCUT2D eigenvalue weighted by atomic mass is 10.2. The molecule has 1 fully saturated rings. The molecule has 1 aromatic heterocycles. The summed E-state index contributed by atoms with van der Waals surface area (Å²) in [5, 5.41) is 4.72. The van der Waals surface area contributed by atoms with Crippen molar-refractivity contribution in [1.29, 1.82) is 0 Å². The quantitative estimate of drug-likeness (QED) is 0.820. The zero-order chi connectivity index (χ0) is 13.6. The average Bonchev–Trinajstić information content (AvgIpc) is 2.91. The molecule has 4 heteroatoms. The first kappa shape index (κ1) is 13.6. The van der Waals surface area contributed by atoms with Crippen LogP contribution in [0.1, 0.15) is 12.0 Å². The molecule has 1 aromatic carbocycles. The lowest BCUT2D eigenvalue weighted by Gasteiger charge is -2.26. The van der Waals surface area contributed by atoms with Gasteiger partial charge < -0.3 is 14.5 Å². The van der Waals surface area contributed by atoms with E-state index in [0.29, 0.717) is 0 Å². The lowest BCUT2D eigenvalue weighted by molar-refractivity contribution is 0.0374. The topological polar surface area (TPSA) is 37.6 Å². The minimum absolute atomic E-state index is 0.875. The Hall–Kier alpha value is -1.36. The summed E-state index contributed by atoms with van der Waals surface area (Å²) in [6.45, 7) is 6.99. The number of furan rings is 1. The predicted molar refractivity (Wildman–Crippen MR) is 79.8 cm³/mol. The highest BCUT2D eigenvalue weighted by molar-refractivity contribution is 5.80. The van der Waals surface area contributed by atoms with E-state index in [4.69, 9.17) is 9.15 Å².